The highest BCUT2D eigenvalue weighted by Gasteiger charge is 2.51. The zero-order chi connectivity index (χ0) is 9.35. The molecule has 2 rings (SSSR count). The van der Waals surface area contributed by atoms with Crippen molar-refractivity contribution in [1.82, 2.24) is 4.90 Å². The van der Waals surface area contributed by atoms with Gasteiger partial charge in [-0.3, -0.25) is 0 Å². The second kappa shape index (κ2) is 3.37. The van der Waals surface area contributed by atoms with Gasteiger partial charge in [0.25, 0.3) is 0 Å². The summed E-state index contributed by atoms with van der Waals surface area (Å²) in [5.41, 5.74) is 0.609. The normalized spacial score (nSPS) is 37.8. The van der Waals surface area contributed by atoms with Gasteiger partial charge in [-0.15, -0.1) is 0 Å². The van der Waals surface area contributed by atoms with E-state index in [1.165, 1.54) is 19.5 Å². The largest absolute Gasteiger partial charge is 0.306 e. The fraction of sp³-hybridized carbons (Fsp3) is 1.00. The van der Waals surface area contributed by atoms with Gasteiger partial charge in [0, 0.05) is 13.1 Å². The molecule has 72 valence electrons. The van der Waals surface area contributed by atoms with Crippen LogP contribution in [0.4, 0.5) is 0 Å². The highest BCUT2D eigenvalue weighted by Crippen LogP contribution is 2.54. The fourth-order valence-corrected chi connectivity index (χ4v) is 2.68. The van der Waals surface area contributed by atoms with E-state index in [-0.39, 0.29) is 0 Å². The molecule has 0 aromatic heterocycles. The predicted octanol–water partition coefficient (Wildman–Crippen LogP) is 2.62. The zero-order valence-corrected chi connectivity index (χ0v) is 9.22. The molecule has 2 aliphatic rings. The highest BCUT2D eigenvalue weighted by atomic mass is 15.1. The first-order chi connectivity index (χ1) is 5.59. The number of fused-ring (bicyclic) bond motifs is 1. The molecular formula is C11H23N. The summed E-state index contributed by atoms with van der Waals surface area (Å²) in [7, 11) is 2.25. The molecule has 1 aliphatic heterocycles. The van der Waals surface area contributed by atoms with Crippen molar-refractivity contribution in [3.05, 3.63) is 0 Å². The number of piperidine rings is 1. The second-order valence-electron chi connectivity index (χ2n) is 4.79. The number of hydrogen-bond donors (Lipinski definition) is 0. The van der Waals surface area contributed by atoms with Gasteiger partial charge in [-0.1, -0.05) is 27.7 Å². The SMILES string of the molecule is CC.CN1CC2CC2C(C)(C)C1. The fourth-order valence-electron chi connectivity index (χ4n) is 2.68. The van der Waals surface area contributed by atoms with Crippen molar-refractivity contribution in [2.75, 3.05) is 20.1 Å². The first kappa shape index (κ1) is 10.0. The van der Waals surface area contributed by atoms with Crippen LogP contribution in [0.5, 0.6) is 0 Å². The van der Waals surface area contributed by atoms with E-state index in [4.69, 9.17) is 0 Å². The Kier molecular flexibility index (Phi) is 2.82. The van der Waals surface area contributed by atoms with Crippen LogP contribution in [-0.2, 0) is 0 Å². The van der Waals surface area contributed by atoms with Gasteiger partial charge in [-0.05, 0) is 30.7 Å². The molecule has 0 bridgehead atoms. The van der Waals surface area contributed by atoms with E-state index in [1.54, 1.807) is 0 Å². The summed E-state index contributed by atoms with van der Waals surface area (Å²) in [5.74, 6) is 2.11. The lowest BCUT2D eigenvalue weighted by atomic mass is 9.83. The van der Waals surface area contributed by atoms with Crippen LogP contribution in [0.15, 0.2) is 0 Å². The lowest BCUT2D eigenvalue weighted by Crippen LogP contribution is -2.39. The highest BCUT2D eigenvalue weighted by molar-refractivity contribution is 5.01. The molecule has 2 atom stereocenters. The van der Waals surface area contributed by atoms with Crippen molar-refractivity contribution in [2.45, 2.75) is 34.1 Å². The molecule has 1 aliphatic carbocycles. The van der Waals surface area contributed by atoms with E-state index < -0.39 is 0 Å². The maximum atomic E-state index is 2.48. The molecule has 0 aromatic carbocycles. The van der Waals surface area contributed by atoms with Gasteiger partial charge >= 0.3 is 0 Å². The van der Waals surface area contributed by atoms with Crippen LogP contribution in [0.25, 0.3) is 0 Å². The maximum absolute atomic E-state index is 2.48. The topological polar surface area (TPSA) is 3.24 Å². The third-order valence-corrected chi connectivity index (χ3v) is 3.15. The van der Waals surface area contributed by atoms with E-state index in [0.717, 1.165) is 11.8 Å². The Morgan fingerprint density at radius 2 is 1.83 bits per heavy atom. The lowest BCUT2D eigenvalue weighted by molar-refractivity contribution is 0.129. The Morgan fingerprint density at radius 1 is 1.25 bits per heavy atom. The standard InChI is InChI=1S/C9H17N.C2H6/c1-9(2)6-10(3)5-7-4-8(7)9;1-2/h7-8H,4-6H2,1-3H3;1-2H3. The van der Waals surface area contributed by atoms with E-state index in [0.29, 0.717) is 5.41 Å². The molecule has 0 amide bonds. The third kappa shape index (κ3) is 1.82. The average Bonchev–Trinajstić information content (AvgIpc) is 2.69. The molecule has 1 saturated heterocycles. The van der Waals surface area contributed by atoms with Crippen molar-refractivity contribution in [2.24, 2.45) is 17.3 Å². The molecule has 2 unspecified atom stereocenters. The Morgan fingerprint density at radius 3 is 2.33 bits per heavy atom. The molecule has 1 nitrogen and oxygen atoms in total. The summed E-state index contributed by atoms with van der Waals surface area (Å²) < 4.78 is 0. The average molecular weight is 169 g/mol. The minimum Gasteiger partial charge on any atom is -0.306 e. The van der Waals surface area contributed by atoms with Crippen molar-refractivity contribution in [3.8, 4) is 0 Å². The van der Waals surface area contributed by atoms with Gasteiger partial charge in [0.15, 0.2) is 0 Å². The van der Waals surface area contributed by atoms with Crippen molar-refractivity contribution < 1.29 is 0 Å². The smallest absolute Gasteiger partial charge is 0.00325 e. The Labute approximate surface area is 77.1 Å². The first-order valence-corrected chi connectivity index (χ1v) is 5.28. The van der Waals surface area contributed by atoms with Crippen LogP contribution in [0.3, 0.4) is 0 Å². The Hall–Kier alpha value is -0.0400. The monoisotopic (exact) mass is 169 g/mol. The molecule has 0 radical (unpaired) electrons. The Balaban J connectivity index is 0.000000336. The molecule has 1 saturated carbocycles. The lowest BCUT2D eigenvalue weighted by Gasteiger charge is -2.35. The van der Waals surface area contributed by atoms with Crippen molar-refractivity contribution >= 4 is 0 Å². The minimum absolute atomic E-state index is 0.609. The molecule has 12 heavy (non-hydrogen) atoms. The molecular weight excluding hydrogens is 146 g/mol. The van der Waals surface area contributed by atoms with Crippen LogP contribution in [0.1, 0.15) is 34.1 Å². The number of hydrogen-bond acceptors (Lipinski definition) is 1. The van der Waals surface area contributed by atoms with Crippen LogP contribution < -0.4 is 0 Å². The quantitative estimate of drug-likeness (QED) is 0.539. The van der Waals surface area contributed by atoms with E-state index in [2.05, 4.69) is 25.8 Å². The molecule has 1 heterocycles. The van der Waals surface area contributed by atoms with Crippen molar-refractivity contribution in [3.63, 3.8) is 0 Å². The summed E-state index contributed by atoms with van der Waals surface area (Å²) in [5, 5.41) is 0. The van der Waals surface area contributed by atoms with Crippen LogP contribution in [0.2, 0.25) is 0 Å². The van der Waals surface area contributed by atoms with Gasteiger partial charge in [0.1, 0.15) is 0 Å². The van der Waals surface area contributed by atoms with Gasteiger partial charge in [-0.2, -0.15) is 0 Å². The van der Waals surface area contributed by atoms with E-state index in [1.807, 2.05) is 13.8 Å². The summed E-state index contributed by atoms with van der Waals surface area (Å²) in [6, 6.07) is 0. The Bertz CT molecular complexity index is 151. The van der Waals surface area contributed by atoms with E-state index in [9.17, 15) is 0 Å². The van der Waals surface area contributed by atoms with E-state index >= 15 is 0 Å². The minimum atomic E-state index is 0.609. The predicted molar refractivity (Wildman–Crippen MR) is 54.2 cm³/mol. The number of nitrogens with zero attached hydrogens (tertiary/aromatic N) is 1. The van der Waals surface area contributed by atoms with Gasteiger partial charge in [-0.25, -0.2) is 0 Å². The summed E-state index contributed by atoms with van der Waals surface area (Å²) in [6.45, 7) is 11.5. The maximum Gasteiger partial charge on any atom is 0.00325 e. The zero-order valence-electron chi connectivity index (χ0n) is 9.22. The van der Waals surface area contributed by atoms with Crippen molar-refractivity contribution in [1.29, 1.82) is 0 Å². The van der Waals surface area contributed by atoms with Gasteiger partial charge in [0.2, 0.25) is 0 Å². The molecule has 1 heteroatoms. The third-order valence-electron chi connectivity index (χ3n) is 3.15. The summed E-state index contributed by atoms with van der Waals surface area (Å²) in [6.07, 6.45) is 1.50. The summed E-state index contributed by atoms with van der Waals surface area (Å²) in [4.78, 5) is 2.48. The van der Waals surface area contributed by atoms with Crippen LogP contribution in [-0.4, -0.2) is 25.0 Å². The van der Waals surface area contributed by atoms with Gasteiger partial charge in [0.05, 0.1) is 0 Å². The molecule has 0 aromatic rings. The van der Waals surface area contributed by atoms with Gasteiger partial charge < -0.3 is 4.90 Å². The number of rotatable bonds is 0. The number of likely N-dealkylation sites (tertiary alicyclic amines) is 1. The molecule has 2 fully saturated rings. The van der Waals surface area contributed by atoms with Crippen LogP contribution in [0, 0.1) is 17.3 Å². The molecule has 0 N–H and O–H groups in total. The molecule has 0 spiro atoms. The van der Waals surface area contributed by atoms with Crippen LogP contribution >= 0.6 is 0 Å². The summed E-state index contributed by atoms with van der Waals surface area (Å²) >= 11 is 0. The first-order valence-electron chi connectivity index (χ1n) is 5.28. The second-order valence-corrected chi connectivity index (χ2v) is 4.79.